The number of carbonyl (C=O) groups is 1. The van der Waals surface area contributed by atoms with Crippen LogP contribution in [0.1, 0.15) is 31.2 Å². The van der Waals surface area contributed by atoms with Crippen molar-refractivity contribution >= 4 is 5.97 Å². The van der Waals surface area contributed by atoms with Crippen LogP contribution in [-0.4, -0.2) is 20.2 Å². The maximum absolute atomic E-state index is 11.5. The minimum atomic E-state index is -0.293. The molecule has 3 nitrogen and oxygen atoms in total. The number of fused-ring (bicyclic) bond motifs is 1. The molecule has 0 heterocycles. The van der Waals surface area contributed by atoms with E-state index in [-0.39, 0.29) is 17.0 Å². The molecule has 2 fully saturated rings. The Balaban J connectivity index is 2.01. The second-order valence-corrected chi connectivity index (χ2v) is 6.00. The van der Waals surface area contributed by atoms with E-state index in [0.29, 0.717) is 5.92 Å². The van der Waals surface area contributed by atoms with Gasteiger partial charge in [0.1, 0.15) is 5.60 Å². The lowest BCUT2D eigenvalue weighted by molar-refractivity contribution is -0.134. The average Bonchev–Trinajstić information content (AvgIpc) is 3.17. The SMILES string of the molecule is COC(=O)/C=C\[C@@]12CCCC[C@@H]1[C@]2(OC)c1ccccc1. The summed E-state index contributed by atoms with van der Waals surface area (Å²) >= 11 is 0. The van der Waals surface area contributed by atoms with Gasteiger partial charge in [-0.3, -0.25) is 0 Å². The largest absolute Gasteiger partial charge is 0.466 e. The van der Waals surface area contributed by atoms with Gasteiger partial charge in [0, 0.05) is 24.5 Å². The average molecular weight is 286 g/mol. The number of ether oxygens (including phenoxy) is 2. The smallest absolute Gasteiger partial charge is 0.330 e. The number of esters is 1. The zero-order valence-corrected chi connectivity index (χ0v) is 12.7. The van der Waals surface area contributed by atoms with Crippen LogP contribution in [0.5, 0.6) is 0 Å². The highest BCUT2D eigenvalue weighted by molar-refractivity contribution is 5.82. The van der Waals surface area contributed by atoms with Crippen LogP contribution in [0.4, 0.5) is 0 Å². The van der Waals surface area contributed by atoms with Crippen molar-refractivity contribution < 1.29 is 14.3 Å². The molecule has 0 amide bonds. The van der Waals surface area contributed by atoms with Crippen molar-refractivity contribution in [3.05, 3.63) is 48.0 Å². The Morgan fingerprint density at radius 2 is 2.00 bits per heavy atom. The van der Waals surface area contributed by atoms with Crippen LogP contribution in [-0.2, 0) is 19.9 Å². The van der Waals surface area contributed by atoms with Gasteiger partial charge >= 0.3 is 5.97 Å². The summed E-state index contributed by atoms with van der Waals surface area (Å²) in [5, 5.41) is 0. The second kappa shape index (κ2) is 5.30. The minimum Gasteiger partial charge on any atom is -0.466 e. The number of methoxy groups -OCH3 is 2. The van der Waals surface area contributed by atoms with Gasteiger partial charge < -0.3 is 9.47 Å². The Kier molecular flexibility index (Phi) is 3.62. The van der Waals surface area contributed by atoms with Crippen LogP contribution in [0.3, 0.4) is 0 Å². The first-order valence-electron chi connectivity index (χ1n) is 7.59. The monoisotopic (exact) mass is 286 g/mol. The molecule has 1 aromatic rings. The van der Waals surface area contributed by atoms with Crippen LogP contribution >= 0.6 is 0 Å². The van der Waals surface area contributed by atoms with E-state index in [1.165, 1.54) is 25.5 Å². The summed E-state index contributed by atoms with van der Waals surface area (Å²) < 4.78 is 10.8. The Bertz CT molecular complexity index is 551. The summed E-state index contributed by atoms with van der Waals surface area (Å²) in [4.78, 5) is 11.5. The molecule has 0 unspecified atom stereocenters. The van der Waals surface area contributed by atoms with E-state index in [4.69, 9.17) is 9.47 Å². The standard InChI is InChI=1S/C18H22O3/c1-20-16(19)11-13-17-12-7-6-10-15(17)18(17,21-2)14-8-4-3-5-9-14/h3-5,8-9,11,13,15H,6-7,10,12H2,1-2H3/b13-11-/t15-,17-,18+/m0/s1. The fourth-order valence-electron chi connectivity index (χ4n) is 4.41. The number of rotatable bonds is 4. The molecule has 0 spiro atoms. The number of carbonyl (C=O) groups excluding carboxylic acids is 1. The van der Waals surface area contributed by atoms with Gasteiger partial charge in [-0.05, 0) is 18.4 Å². The van der Waals surface area contributed by atoms with Crippen molar-refractivity contribution in [1.29, 1.82) is 0 Å². The highest BCUT2D eigenvalue weighted by Crippen LogP contribution is 2.76. The Morgan fingerprint density at radius 3 is 2.67 bits per heavy atom. The lowest BCUT2D eigenvalue weighted by Crippen LogP contribution is -2.20. The summed E-state index contributed by atoms with van der Waals surface area (Å²) in [5.41, 5.74) is 0.874. The van der Waals surface area contributed by atoms with Gasteiger partial charge in [0.05, 0.1) is 7.11 Å². The van der Waals surface area contributed by atoms with Crippen LogP contribution in [0.25, 0.3) is 0 Å². The zero-order chi connectivity index (χ0) is 14.9. The zero-order valence-electron chi connectivity index (χ0n) is 12.7. The summed E-state index contributed by atoms with van der Waals surface area (Å²) in [6.45, 7) is 0. The Hall–Kier alpha value is -1.61. The van der Waals surface area contributed by atoms with E-state index in [1.54, 1.807) is 13.2 Å². The van der Waals surface area contributed by atoms with Crippen molar-refractivity contribution in [2.24, 2.45) is 11.3 Å². The third-order valence-corrected chi connectivity index (χ3v) is 5.30. The van der Waals surface area contributed by atoms with Gasteiger partial charge in [-0.1, -0.05) is 49.2 Å². The van der Waals surface area contributed by atoms with E-state index in [2.05, 4.69) is 24.3 Å². The predicted molar refractivity (Wildman–Crippen MR) is 80.7 cm³/mol. The first kappa shape index (κ1) is 14.3. The molecule has 3 rings (SSSR count). The van der Waals surface area contributed by atoms with Gasteiger partial charge in [0.2, 0.25) is 0 Å². The lowest BCUT2D eigenvalue weighted by atomic mass is 9.86. The van der Waals surface area contributed by atoms with Crippen molar-refractivity contribution in [3.8, 4) is 0 Å². The summed E-state index contributed by atoms with van der Waals surface area (Å²) in [5.74, 6) is 0.158. The number of hydrogen-bond donors (Lipinski definition) is 0. The lowest BCUT2D eigenvalue weighted by Gasteiger charge is -2.23. The van der Waals surface area contributed by atoms with Gasteiger partial charge in [0.15, 0.2) is 0 Å². The Morgan fingerprint density at radius 1 is 1.24 bits per heavy atom. The molecule has 0 bridgehead atoms. The molecule has 0 aliphatic heterocycles. The van der Waals surface area contributed by atoms with Gasteiger partial charge in [-0.25, -0.2) is 4.79 Å². The van der Waals surface area contributed by atoms with Gasteiger partial charge in [-0.2, -0.15) is 0 Å². The molecule has 2 saturated carbocycles. The highest BCUT2D eigenvalue weighted by atomic mass is 16.5. The fraction of sp³-hybridized carbons (Fsp3) is 0.500. The topological polar surface area (TPSA) is 35.5 Å². The third kappa shape index (κ3) is 1.95. The third-order valence-electron chi connectivity index (χ3n) is 5.30. The summed E-state index contributed by atoms with van der Waals surface area (Å²) in [6.07, 6.45) is 8.24. The molecule has 1 aromatic carbocycles. The first-order chi connectivity index (χ1) is 10.2. The quantitative estimate of drug-likeness (QED) is 0.628. The molecule has 0 radical (unpaired) electrons. The molecule has 0 saturated heterocycles. The molecule has 0 aromatic heterocycles. The first-order valence-corrected chi connectivity index (χ1v) is 7.59. The molecular formula is C18H22O3. The molecule has 2 aliphatic carbocycles. The normalized spacial score (nSPS) is 34.5. The number of hydrogen-bond acceptors (Lipinski definition) is 3. The summed E-state index contributed by atoms with van der Waals surface area (Å²) in [6, 6.07) is 10.4. The highest BCUT2D eigenvalue weighted by Gasteiger charge is 2.76. The van der Waals surface area contributed by atoms with Gasteiger partial charge in [-0.15, -0.1) is 0 Å². The van der Waals surface area contributed by atoms with Crippen molar-refractivity contribution in [1.82, 2.24) is 0 Å². The molecule has 3 heteroatoms. The number of benzene rings is 1. The van der Waals surface area contributed by atoms with Crippen molar-refractivity contribution in [3.63, 3.8) is 0 Å². The van der Waals surface area contributed by atoms with Crippen LogP contribution in [0.15, 0.2) is 42.5 Å². The van der Waals surface area contributed by atoms with Crippen LogP contribution in [0, 0.1) is 11.3 Å². The molecule has 2 aliphatic rings. The second-order valence-electron chi connectivity index (χ2n) is 6.00. The summed E-state index contributed by atoms with van der Waals surface area (Å²) in [7, 11) is 3.20. The maximum atomic E-state index is 11.5. The van der Waals surface area contributed by atoms with E-state index in [1.807, 2.05) is 12.1 Å². The Labute approximate surface area is 125 Å². The molecule has 21 heavy (non-hydrogen) atoms. The molecule has 0 N–H and O–H groups in total. The van der Waals surface area contributed by atoms with Gasteiger partial charge in [0.25, 0.3) is 0 Å². The van der Waals surface area contributed by atoms with E-state index in [0.717, 1.165) is 12.8 Å². The predicted octanol–water partition coefficient (Wildman–Crippen LogP) is 3.45. The molecule has 112 valence electrons. The molecular weight excluding hydrogens is 264 g/mol. The molecule has 3 atom stereocenters. The maximum Gasteiger partial charge on any atom is 0.330 e. The van der Waals surface area contributed by atoms with E-state index < -0.39 is 0 Å². The van der Waals surface area contributed by atoms with Crippen LogP contribution in [0.2, 0.25) is 0 Å². The minimum absolute atomic E-state index is 0.0600. The van der Waals surface area contributed by atoms with Crippen molar-refractivity contribution in [2.45, 2.75) is 31.3 Å². The van der Waals surface area contributed by atoms with E-state index in [9.17, 15) is 4.79 Å². The van der Waals surface area contributed by atoms with E-state index >= 15 is 0 Å². The fourth-order valence-corrected chi connectivity index (χ4v) is 4.41. The van der Waals surface area contributed by atoms with Crippen molar-refractivity contribution in [2.75, 3.05) is 14.2 Å². The van der Waals surface area contributed by atoms with Crippen LogP contribution < -0.4 is 0 Å².